The zero-order valence-corrected chi connectivity index (χ0v) is 15.2. The number of fused-ring (bicyclic) bond motifs is 1. The van der Waals surface area contributed by atoms with E-state index in [4.69, 9.17) is 25.8 Å². The first-order valence-electron chi connectivity index (χ1n) is 7.94. The highest BCUT2D eigenvalue weighted by Gasteiger charge is 2.25. The SMILES string of the molecule is COc1cc2c(cc1OC)CN(C(=O)c1cc(Cl)ccc1OC)CC2. The maximum atomic E-state index is 13.0. The summed E-state index contributed by atoms with van der Waals surface area (Å²) in [5.74, 6) is 1.79. The number of rotatable bonds is 4. The van der Waals surface area contributed by atoms with Crippen LogP contribution in [0.3, 0.4) is 0 Å². The number of carbonyl (C=O) groups excluding carboxylic acids is 1. The fourth-order valence-electron chi connectivity index (χ4n) is 3.07. The second-order valence-electron chi connectivity index (χ2n) is 5.80. The molecule has 2 aromatic carbocycles. The van der Waals surface area contributed by atoms with Crippen LogP contribution in [0, 0.1) is 0 Å². The summed E-state index contributed by atoms with van der Waals surface area (Å²) in [7, 11) is 4.77. The van der Waals surface area contributed by atoms with Crippen LogP contribution in [0.15, 0.2) is 30.3 Å². The second kappa shape index (κ2) is 7.23. The van der Waals surface area contributed by atoms with Gasteiger partial charge in [-0.1, -0.05) is 11.6 Å². The van der Waals surface area contributed by atoms with Crippen molar-refractivity contribution in [3.05, 3.63) is 52.0 Å². The summed E-state index contributed by atoms with van der Waals surface area (Å²) >= 11 is 6.05. The summed E-state index contributed by atoms with van der Waals surface area (Å²) in [4.78, 5) is 14.7. The average Bonchev–Trinajstić information content (AvgIpc) is 2.65. The van der Waals surface area contributed by atoms with Crippen molar-refractivity contribution in [2.24, 2.45) is 0 Å². The van der Waals surface area contributed by atoms with Crippen molar-refractivity contribution in [1.82, 2.24) is 4.90 Å². The van der Waals surface area contributed by atoms with E-state index >= 15 is 0 Å². The summed E-state index contributed by atoms with van der Waals surface area (Å²) in [6.45, 7) is 1.13. The van der Waals surface area contributed by atoms with Crippen molar-refractivity contribution in [2.45, 2.75) is 13.0 Å². The van der Waals surface area contributed by atoms with Crippen LogP contribution in [0.4, 0.5) is 0 Å². The molecule has 1 amide bonds. The average molecular weight is 362 g/mol. The molecule has 0 fully saturated rings. The first kappa shape index (κ1) is 17.4. The third-order valence-corrected chi connectivity index (χ3v) is 4.63. The Balaban J connectivity index is 1.90. The Kier molecular flexibility index (Phi) is 5.04. The maximum Gasteiger partial charge on any atom is 0.257 e. The first-order chi connectivity index (χ1) is 12.1. The highest BCUT2D eigenvalue weighted by atomic mass is 35.5. The van der Waals surface area contributed by atoms with Crippen molar-refractivity contribution in [3.8, 4) is 17.2 Å². The van der Waals surface area contributed by atoms with Crippen molar-refractivity contribution < 1.29 is 19.0 Å². The predicted octanol–water partition coefficient (Wildman–Crippen LogP) is 3.56. The minimum absolute atomic E-state index is 0.0974. The minimum atomic E-state index is -0.0974. The van der Waals surface area contributed by atoms with E-state index in [0.29, 0.717) is 40.9 Å². The number of halogens is 1. The first-order valence-corrected chi connectivity index (χ1v) is 8.31. The lowest BCUT2D eigenvalue weighted by Gasteiger charge is -2.30. The van der Waals surface area contributed by atoms with Crippen LogP contribution in [-0.2, 0) is 13.0 Å². The van der Waals surface area contributed by atoms with E-state index in [0.717, 1.165) is 12.0 Å². The molecule has 0 saturated heterocycles. The van der Waals surface area contributed by atoms with Gasteiger partial charge < -0.3 is 19.1 Å². The van der Waals surface area contributed by atoms with Crippen molar-refractivity contribution in [2.75, 3.05) is 27.9 Å². The number of ether oxygens (including phenoxy) is 3. The molecule has 3 rings (SSSR count). The van der Waals surface area contributed by atoms with Crippen LogP contribution in [0.5, 0.6) is 17.2 Å². The fraction of sp³-hybridized carbons (Fsp3) is 0.316. The van der Waals surface area contributed by atoms with Crippen LogP contribution in [0.25, 0.3) is 0 Å². The van der Waals surface area contributed by atoms with E-state index in [1.165, 1.54) is 5.56 Å². The third kappa shape index (κ3) is 3.37. The molecular weight excluding hydrogens is 342 g/mol. The van der Waals surface area contributed by atoms with E-state index in [2.05, 4.69) is 0 Å². The molecule has 0 bridgehead atoms. The molecule has 1 aliphatic heterocycles. The van der Waals surface area contributed by atoms with Crippen LogP contribution < -0.4 is 14.2 Å². The van der Waals surface area contributed by atoms with Crippen molar-refractivity contribution in [1.29, 1.82) is 0 Å². The van der Waals surface area contributed by atoms with Crippen LogP contribution >= 0.6 is 11.6 Å². The normalized spacial score (nSPS) is 13.2. The molecular formula is C19H20ClNO4. The van der Waals surface area contributed by atoms with Gasteiger partial charge in [0.25, 0.3) is 5.91 Å². The van der Waals surface area contributed by atoms with Gasteiger partial charge in [-0.15, -0.1) is 0 Å². The minimum Gasteiger partial charge on any atom is -0.496 e. The van der Waals surface area contributed by atoms with Gasteiger partial charge in [0, 0.05) is 18.1 Å². The molecule has 0 spiro atoms. The van der Waals surface area contributed by atoms with Crippen LogP contribution in [0.1, 0.15) is 21.5 Å². The predicted molar refractivity (Wildman–Crippen MR) is 96.0 cm³/mol. The highest BCUT2D eigenvalue weighted by molar-refractivity contribution is 6.31. The topological polar surface area (TPSA) is 48.0 Å². The van der Waals surface area contributed by atoms with Crippen LogP contribution in [0.2, 0.25) is 5.02 Å². The monoisotopic (exact) mass is 361 g/mol. The Hall–Kier alpha value is -2.40. The van der Waals surface area contributed by atoms with Crippen LogP contribution in [-0.4, -0.2) is 38.7 Å². The number of methoxy groups -OCH3 is 3. The van der Waals surface area contributed by atoms with Gasteiger partial charge in [0.1, 0.15) is 5.75 Å². The zero-order chi connectivity index (χ0) is 18.0. The van der Waals surface area contributed by atoms with E-state index in [1.807, 2.05) is 12.1 Å². The molecule has 1 heterocycles. The lowest BCUT2D eigenvalue weighted by molar-refractivity contribution is 0.0731. The van der Waals surface area contributed by atoms with E-state index in [9.17, 15) is 4.79 Å². The standard InChI is InChI=1S/C19H20ClNO4/c1-23-16-5-4-14(20)10-15(16)19(22)21-7-6-12-8-17(24-2)18(25-3)9-13(12)11-21/h4-5,8-10H,6-7,11H2,1-3H3. The van der Waals surface area contributed by atoms with Gasteiger partial charge >= 0.3 is 0 Å². The maximum absolute atomic E-state index is 13.0. The third-order valence-electron chi connectivity index (χ3n) is 4.40. The van der Waals surface area contributed by atoms with Gasteiger partial charge in [0.15, 0.2) is 11.5 Å². The van der Waals surface area contributed by atoms with Gasteiger partial charge in [-0.05, 0) is 47.9 Å². The fourth-order valence-corrected chi connectivity index (χ4v) is 3.25. The second-order valence-corrected chi connectivity index (χ2v) is 6.23. The molecule has 5 nitrogen and oxygen atoms in total. The Morgan fingerprint density at radius 1 is 0.960 bits per heavy atom. The van der Waals surface area contributed by atoms with E-state index in [1.54, 1.807) is 44.4 Å². The molecule has 0 aliphatic carbocycles. The van der Waals surface area contributed by atoms with Crippen molar-refractivity contribution in [3.63, 3.8) is 0 Å². The summed E-state index contributed by atoms with van der Waals surface area (Å²) in [6, 6.07) is 8.98. The highest BCUT2D eigenvalue weighted by Crippen LogP contribution is 2.34. The lowest BCUT2D eigenvalue weighted by atomic mass is 9.98. The Labute approximate surface area is 152 Å². The number of nitrogens with zero attached hydrogens (tertiary/aromatic N) is 1. The molecule has 0 saturated carbocycles. The Bertz CT molecular complexity index is 806. The number of carbonyl (C=O) groups is 1. The molecule has 0 radical (unpaired) electrons. The smallest absolute Gasteiger partial charge is 0.257 e. The Morgan fingerprint density at radius 2 is 1.60 bits per heavy atom. The lowest BCUT2D eigenvalue weighted by Crippen LogP contribution is -2.36. The largest absolute Gasteiger partial charge is 0.496 e. The molecule has 0 unspecified atom stereocenters. The zero-order valence-electron chi connectivity index (χ0n) is 14.5. The Morgan fingerprint density at radius 3 is 2.24 bits per heavy atom. The van der Waals surface area contributed by atoms with Gasteiger partial charge in [-0.3, -0.25) is 4.79 Å². The molecule has 2 aromatic rings. The summed E-state index contributed by atoms with van der Waals surface area (Å²) < 4.78 is 16.0. The number of benzene rings is 2. The van der Waals surface area contributed by atoms with Crippen molar-refractivity contribution >= 4 is 17.5 Å². The number of hydrogen-bond donors (Lipinski definition) is 0. The molecule has 132 valence electrons. The number of amides is 1. The molecule has 1 aliphatic rings. The number of hydrogen-bond acceptors (Lipinski definition) is 4. The van der Waals surface area contributed by atoms with E-state index in [-0.39, 0.29) is 5.91 Å². The quantitative estimate of drug-likeness (QED) is 0.835. The summed E-state index contributed by atoms with van der Waals surface area (Å²) in [5.41, 5.74) is 2.69. The van der Waals surface area contributed by atoms with Gasteiger partial charge in [0.05, 0.1) is 26.9 Å². The molecule has 25 heavy (non-hydrogen) atoms. The van der Waals surface area contributed by atoms with E-state index < -0.39 is 0 Å². The molecule has 0 N–H and O–H groups in total. The summed E-state index contributed by atoms with van der Waals surface area (Å²) in [5, 5.41) is 0.507. The summed E-state index contributed by atoms with van der Waals surface area (Å²) in [6.07, 6.45) is 0.754. The van der Waals surface area contributed by atoms with Gasteiger partial charge in [-0.2, -0.15) is 0 Å². The van der Waals surface area contributed by atoms with Gasteiger partial charge in [0.2, 0.25) is 0 Å². The molecule has 6 heteroatoms. The van der Waals surface area contributed by atoms with Gasteiger partial charge in [-0.25, -0.2) is 0 Å². The molecule has 0 aromatic heterocycles. The molecule has 0 atom stereocenters.